The Bertz CT molecular complexity index is 286. The van der Waals surface area contributed by atoms with Crippen LogP contribution in [0, 0.1) is 17.8 Å². The number of hydrogen-bond donors (Lipinski definition) is 2. The van der Waals surface area contributed by atoms with E-state index in [9.17, 15) is 9.59 Å². The third-order valence-electron chi connectivity index (χ3n) is 3.32. The van der Waals surface area contributed by atoms with E-state index >= 15 is 0 Å². The van der Waals surface area contributed by atoms with E-state index in [1.807, 2.05) is 0 Å². The number of aliphatic carboxylic acids is 1. The van der Waals surface area contributed by atoms with Gasteiger partial charge in [-0.05, 0) is 25.2 Å². The van der Waals surface area contributed by atoms with Gasteiger partial charge in [0.05, 0.1) is 11.8 Å². The van der Waals surface area contributed by atoms with Gasteiger partial charge in [-0.15, -0.1) is 0 Å². The second-order valence-electron chi connectivity index (χ2n) is 4.60. The van der Waals surface area contributed by atoms with Crippen molar-refractivity contribution in [3.8, 4) is 0 Å². The number of rotatable bonds is 5. The minimum absolute atomic E-state index is 0.105. The summed E-state index contributed by atoms with van der Waals surface area (Å²) in [7, 11) is 0. The number of hydrogen-bond acceptors (Lipinski definition) is 3. The van der Waals surface area contributed by atoms with Crippen LogP contribution in [0.4, 0.5) is 0 Å². The first kappa shape index (κ1) is 11.4. The lowest BCUT2D eigenvalue weighted by Gasteiger charge is -2.08. The third-order valence-corrected chi connectivity index (χ3v) is 3.32. The summed E-state index contributed by atoms with van der Waals surface area (Å²) in [6.07, 6.45) is 2.49. The molecule has 0 radical (unpaired) electrons. The first-order valence-corrected chi connectivity index (χ1v) is 5.76. The highest BCUT2D eigenvalue weighted by Crippen LogP contribution is 2.38. The number of carboxylic acids is 1. The zero-order valence-electron chi connectivity index (χ0n) is 9.15. The van der Waals surface area contributed by atoms with Crippen LogP contribution in [-0.2, 0) is 14.3 Å². The predicted molar refractivity (Wildman–Crippen MR) is 55.8 cm³/mol. The summed E-state index contributed by atoms with van der Waals surface area (Å²) >= 11 is 0. The van der Waals surface area contributed by atoms with Crippen molar-refractivity contribution in [3.05, 3.63) is 0 Å². The van der Waals surface area contributed by atoms with E-state index in [0.29, 0.717) is 18.9 Å². The molecule has 1 heterocycles. The fourth-order valence-electron chi connectivity index (χ4n) is 2.10. The molecule has 0 aromatic carbocycles. The van der Waals surface area contributed by atoms with Crippen molar-refractivity contribution >= 4 is 11.9 Å². The summed E-state index contributed by atoms with van der Waals surface area (Å²) in [4.78, 5) is 22.1. The molecule has 0 spiro atoms. The highest BCUT2D eigenvalue weighted by molar-refractivity contribution is 5.89. The molecule has 1 amide bonds. The van der Waals surface area contributed by atoms with Gasteiger partial charge in [0.1, 0.15) is 0 Å². The van der Waals surface area contributed by atoms with Crippen LogP contribution in [0.5, 0.6) is 0 Å². The maximum Gasteiger partial charge on any atom is 0.307 e. The van der Waals surface area contributed by atoms with Crippen LogP contribution in [0.3, 0.4) is 0 Å². The molecular formula is C11H17NO4. The van der Waals surface area contributed by atoms with Crippen LogP contribution in [0.1, 0.15) is 19.3 Å². The predicted octanol–water partition coefficient (Wildman–Crippen LogP) is 0.250. The van der Waals surface area contributed by atoms with Gasteiger partial charge in [-0.3, -0.25) is 9.59 Å². The van der Waals surface area contributed by atoms with Gasteiger partial charge in [0, 0.05) is 19.8 Å². The summed E-state index contributed by atoms with van der Waals surface area (Å²) < 4.78 is 5.23. The van der Waals surface area contributed by atoms with E-state index in [0.717, 1.165) is 26.1 Å². The van der Waals surface area contributed by atoms with Gasteiger partial charge in [-0.2, -0.15) is 0 Å². The van der Waals surface area contributed by atoms with Crippen LogP contribution in [-0.4, -0.2) is 36.7 Å². The molecule has 0 aromatic rings. The van der Waals surface area contributed by atoms with Crippen LogP contribution in [0.25, 0.3) is 0 Å². The average Bonchev–Trinajstić information content (AvgIpc) is 2.90. The van der Waals surface area contributed by atoms with Gasteiger partial charge in [0.2, 0.25) is 5.91 Å². The number of carbonyl (C=O) groups excluding carboxylic acids is 1. The molecule has 16 heavy (non-hydrogen) atoms. The van der Waals surface area contributed by atoms with Crippen molar-refractivity contribution in [2.45, 2.75) is 19.3 Å². The fraction of sp³-hybridized carbons (Fsp3) is 0.818. The molecular weight excluding hydrogens is 210 g/mol. The van der Waals surface area contributed by atoms with E-state index in [2.05, 4.69) is 5.32 Å². The lowest BCUT2D eigenvalue weighted by atomic mass is 10.1. The number of amides is 1. The van der Waals surface area contributed by atoms with Crippen molar-refractivity contribution in [3.63, 3.8) is 0 Å². The molecule has 2 N–H and O–H groups in total. The minimum atomic E-state index is -0.857. The standard InChI is InChI=1S/C11H17NO4/c13-10(8-5-9(8)11(14)15)12-3-1-7-2-4-16-6-7/h7-9H,1-6H2,(H,12,13)(H,14,15)/t7?,8-,9+/m1/s1. The number of ether oxygens (including phenoxy) is 1. The summed E-state index contributed by atoms with van der Waals surface area (Å²) in [6, 6.07) is 0. The van der Waals surface area contributed by atoms with E-state index in [-0.39, 0.29) is 11.8 Å². The highest BCUT2D eigenvalue weighted by atomic mass is 16.5. The van der Waals surface area contributed by atoms with Crippen molar-refractivity contribution in [1.82, 2.24) is 5.32 Å². The van der Waals surface area contributed by atoms with Gasteiger partial charge in [-0.1, -0.05) is 0 Å². The second kappa shape index (κ2) is 4.82. The molecule has 0 bridgehead atoms. The third kappa shape index (κ3) is 2.72. The Morgan fingerprint density at radius 1 is 1.38 bits per heavy atom. The van der Waals surface area contributed by atoms with Gasteiger partial charge >= 0.3 is 5.97 Å². The smallest absolute Gasteiger partial charge is 0.307 e. The highest BCUT2D eigenvalue weighted by Gasteiger charge is 2.48. The molecule has 90 valence electrons. The molecule has 1 saturated heterocycles. The molecule has 3 atom stereocenters. The van der Waals surface area contributed by atoms with E-state index in [1.54, 1.807) is 0 Å². The Labute approximate surface area is 94.2 Å². The van der Waals surface area contributed by atoms with Crippen molar-refractivity contribution in [1.29, 1.82) is 0 Å². The minimum Gasteiger partial charge on any atom is -0.481 e. The lowest BCUT2D eigenvalue weighted by molar-refractivity contribution is -0.140. The molecule has 5 heteroatoms. The van der Waals surface area contributed by atoms with Gasteiger partial charge in [0.15, 0.2) is 0 Å². The second-order valence-corrected chi connectivity index (χ2v) is 4.60. The Morgan fingerprint density at radius 3 is 2.75 bits per heavy atom. The van der Waals surface area contributed by atoms with Gasteiger partial charge in [-0.25, -0.2) is 0 Å². The molecule has 5 nitrogen and oxygen atoms in total. The van der Waals surface area contributed by atoms with Crippen LogP contribution in [0.15, 0.2) is 0 Å². The quantitative estimate of drug-likeness (QED) is 0.706. The Hall–Kier alpha value is -1.10. The Balaban J connectivity index is 1.60. The summed E-state index contributed by atoms with van der Waals surface area (Å²) in [6.45, 7) is 2.25. The zero-order valence-corrected chi connectivity index (χ0v) is 9.15. The van der Waals surface area contributed by atoms with Gasteiger partial charge < -0.3 is 15.2 Å². The molecule has 2 rings (SSSR count). The van der Waals surface area contributed by atoms with Crippen LogP contribution < -0.4 is 5.32 Å². The molecule has 2 aliphatic rings. The zero-order chi connectivity index (χ0) is 11.5. The SMILES string of the molecule is O=C(O)[C@H]1C[C@H]1C(=O)NCCC1CCOC1. The molecule has 1 saturated carbocycles. The number of carbonyl (C=O) groups is 2. The average molecular weight is 227 g/mol. The first-order chi connectivity index (χ1) is 7.68. The summed E-state index contributed by atoms with van der Waals surface area (Å²) in [5.74, 6) is -1.16. The molecule has 1 unspecified atom stereocenters. The fourth-order valence-corrected chi connectivity index (χ4v) is 2.10. The lowest BCUT2D eigenvalue weighted by Crippen LogP contribution is -2.28. The molecule has 2 fully saturated rings. The topological polar surface area (TPSA) is 75.6 Å². The normalized spacial score (nSPS) is 32.4. The van der Waals surface area contributed by atoms with Crippen LogP contribution >= 0.6 is 0 Å². The van der Waals surface area contributed by atoms with E-state index in [1.165, 1.54) is 0 Å². The Kier molecular flexibility index (Phi) is 3.43. The largest absolute Gasteiger partial charge is 0.481 e. The first-order valence-electron chi connectivity index (χ1n) is 5.76. The van der Waals surface area contributed by atoms with Gasteiger partial charge in [0.25, 0.3) is 0 Å². The summed E-state index contributed by atoms with van der Waals surface area (Å²) in [5.41, 5.74) is 0. The van der Waals surface area contributed by atoms with Crippen LogP contribution in [0.2, 0.25) is 0 Å². The van der Waals surface area contributed by atoms with Crippen molar-refractivity contribution in [2.75, 3.05) is 19.8 Å². The number of nitrogens with one attached hydrogen (secondary N) is 1. The maximum atomic E-state index is 11.5. The van der Waals surface area contributed by atoms with Crippen molar-refractivity contribution in [2.24, 2.45) is 17.8 Å². The molecule has 1 aliphatic carbocycles. The summed E-state index contributed by atoms with van der Waals surface area (Å²) in [5, 5.41) is 11.5. The Morgan fingerprint density at radius 2 is 2.19 bits per heavy atom. The molecule has 0 aromatic heterocycles. The van der Waals surface area contributed by atoms with E-state index < -0.39 is 11.9 Å². The molecule has 1 aliphatic heterocycles. The maximum absolute atomic E-state index is 11.5. The number of carboxylic acid groups (broad SMARTS) is 1. The van der Waals surface area contributed by atoms with E-state index in [4.69, 9.17) is 9.84 Å². The van der Waals surface area contributed by atoms with Crippen molar-refractivity contribution < 1.29 is 19.4 Å². The monoisotopic (exact) mass is 227 g/mol.